The largest absolute Gasteiger partial charge is 0.463 e. The van der Waals surface area contributed by atoms with Gasteiger partial charge in [-0.25, -0.2) is 4.98 Å². The van der Waals surface area contributed by atoms with Crippen LogP contribution < -0.4 is 4.74 Å². The molecule has 0 amide bonds. The van der Waals surface area contributed by atoms with Crippen molar-refractivity contribution in [2.45, 2.75) is 32.6 Å². The Labute approximate surface area is 95.3 Å². The zero-order valence-corrected chi connectivity index (χ0v) is 9.44. The monoisotopic (exact) mass is 217 g/mol. The third-order valence-corrected chi connectivity index (χ3v) is 2.87. The molecule has 1 fully saturated rings. The first-order valence-corrected chi connectivity index (χ1v) is 5.66. The zero-order valence-electron chi connectivity index (χ0n) is 9.44. The van der Waals surface area contributed by atoms with E-state index in [1.165, 1.54) is 25.7 Å². The molecule has 1 aliphatic rings. The van der Waals surface area contributed by atoms with Crippen molar-refractivity contribution in [2.75, 3.05) is 6.61 Å². The van der Waals surface area contributed by atoms with Crippen LogP contribution in [-0.2, 0) is 0 Å². The molecule has 0 bridgehead atoms. The number of hydrogen-bond donors (Lipinski definition) is 0. The number of aromatic nitrogens is 2. The molecule has 4 nitrogen and oxygen atoms in total. The highest BCUT2D eigenvalue weighted by Crippen LogP contribution is 2.24. The van der Waals surface area contributed by atoms with Gasteiger partial charge in [0.25, 0.3) is 0 Å². The van der Waals surface area contributed by atoms with Gasteiger partial charge in [0.2, 0.25) is 0 Å². The minimum Gasteiger partial charge on any atom is -0.463 e. The quantitative estimate of drug-likeness (QED) is 0.779. The second kappa shape index (κ2) is 4.93. The highest BCUT2D eigenvalue weighted by Gasteiger charge is 2.16. The van der Waals surface area contributed by atoms with Crippen molar-refractivity contribution in [3.05, 3.63) is 17.5 Å². The summed E-state index contributed by atoms with van der Waals surface area (Å²) in [5, 5.41) is 8.77. The normalized spacial score (nSPS) is 16.0. The maximum Gasteiger partial charge on any atom is 0.317 e. The predicted molar refractivity (Wildman–Crippen MR) is 58.9 cm³/mol. The maximum atomic E-state index is 8.77. The number of aryl methyl sites for hydroxylation is 1. The summed E-state index contributed by atoms with van der Waals surface area (Å²) in [6, 6.07) is 4.00. The fourth-order valence-corrected chi connectivity index (χ4v) is 2.03. The number of rotatable bonds is 3. The second-order valence-electron chi connectivity index (χ2n) is 4.25. The first kappa shape index (κ1) is 10.9. The zero-order chi connectivity index (χ0) is 11.4. The Morgan fingerprint density at radius 3 is 2.88 bits per heavy atom. The van der Waals surface area contributed by atoms with Crippen LogP contribution in [0.3, 0.4) is 0 Å². The van der Waals surface area contributed by atoms with Crippen LogP contribution in [0.1, 0.15) is 37.1 Å². The van der Waals surface area contributed by atoms with E-state index in [0.29, 0.717) is 24.2 Å². The summed E-state index contributed by atoms with van der Waals surface area (Å²) in [6.07, 6.45) is 5.06. The van der Waals surface area contributed by atoms with E-state index in [2.05, 4.69) is 9.97 Å². The topological polar surface area (TPSA) is 58.8 Å². The van der Waals surface area contributed by atoms with Crippen LogP contribution in [0.15, 0.2) is 6.07 Å². The van der Waals surface area contributed by atoms with E-state index < -0.39 is 0 Å². The number of nitriles is 1. The molecule has 84 valence electrons. The van der Waals surface area contributed by atoms with Gasteiger partial charge in [0.05, 0.1) is 6.61 Å². The lowest BCUT2D eigenvalue weighted by Crippen LogP contribution is -2.10. The van der Waals surface area contributed by atoms with E-state index in [0.717, 1.165) is 5.69 Å². The molecule has 0 radical (unpaired) electrons. The summed E-state index contributed by atoms with van der Waals surface area (Å²) >= 11 is 0. The fourth-order valence-electron chi connectivity index (χ4n) is 2.03. The summed E-state index contributed by atoms with van der Waals surface area (Å²) in [4.78, 5) is 8.18. The smallest absolute Gasteiger partial charge is 0.317 e. The molecule has 0 saturated heterocycles. The minimum absolute atomic E-state index is 0.337. The predicted octanol–water partition coefficient (Wildman–Crippen LogP) is 2.23. The lowest BCUT2D eigenvalue weighted by Gasteiger charge is -2.09. The molecule has 1 saturated carbocycles. The van der Waals surface area contributed by atoms with E-state index in [9.17, 15) is 0 Å². The van der Waals surface area contributed by atoms with E-state index >= 15 is 0 Å². The molecule has 1 aromatic heterocycles. The molecule has 4 heteroatoms. The van der Waals surface area contributed by atoms with Gasteiger partial charge < -0.3 is 4.74 Å². The number of nitrogens with zero attached hydrogens (tertiary/aromatic N) is 3. The van der Waals surface area contributed by atoms with Gasteiger partial charge in [-0.3, -0.25) is 0 Å². The van der Waals surface area contributed by atoms with Crippen molar-refractivity contribution in [1.29, 1.82) is 5.26 Å². The summed E-state index contributed by atoms with van der Waals surface area (Å²) in [5.41, 5.74) is 1.14. The molecule has 2 rings (SSSR count). The molecule has 1 aromatic rings. The Hall–Kier alpha value is -1.63. The van der Waals surface area contributed by atoms with Crippen molar-refractivity contribution in [3.8, 4) is 12.1 Å². The Morgan fingerprint density at radius 1 is 1.44 bits per heavy atom. The fraction of sp³-hybridized carbons (Fsp3) is 0.583. The Bertz CT molecular complexity index is 405. The maximum absolute atomic E-state index is 8.77. The van der Waals surface area contributed by atoms with E-state index in [4.69, 9.17) is 10.00 Å². The molecule has 0 unspecified atom stereocenters. The van der Waals surface area contributed by atoms with Gasteiger partial charge in [-0.2, -0.15) is 10.2 Å². The molecule has 0 spiro atoms. The molecule has 0 aliphatic heterocycles. The van der Waals surface area contributed by atoms with Crippen molar-refractivity contribution in [3.63, 3.8) is 0 Å². The highest BCUT2D eigenvalue weighted by atomic mass is 16.5. The third-order valence-electron chi connectivity index (χ3n) is 2.87. The van der Waals surface area contributed by atoms with E-state index in [-0.39, 0.29) is 0 Å². The first-order valence-electron chi connectivity index (χ1n) is 5.66. The Morgan fingerprint density at radius 2 is 2.19 bits per heavy atom. The lowest BCUT2D eigenvalue weighted by atomic mass is 10.1. The summed E-state index contributed by atoms with van der Waals surface area (Å²) in [5.74, 6) is 0.634. The summed E-state index contributed by atoms with van der Waals surface area (Å²) in [7, 11) is 0. The second-order valence-corrected chi connectivity index (χ2v) is 4.25. The van der Waals surface area contributed by atoms with Gasteiger partial charge >= 0.3 is 6.01 Å². The van der Waals surface area contributed by atoms with Crippen LogP contribution in [0.5, 0.6) is 6.01 Å². The van der Waals surface area contributed by atoms with Gasteiger partial charge in [-0.05, 0) is 31.7 Å². The van der Waals surface area contributed by atoms with Gasteiger partial charge in [-0.15, -0.1) is 0 Å². The Kier molecular flexibility index (Phi) is 3.35. The summed E-state index contributed by atoms with van der Waals surface area (Å²) < 4.78 is 5.54. The van der Waals surface area contributed by atoms with Crippen LogP contribution in [0.2, 0.25) is 0 Å². The van der Waals surface area contributed by atoms with Crippen molar-refractivity contribution in [1.82, 2.24) is 9.97 Å². The first-order chi connectivity index (χ1) is 7.78. The average Bonchev–Trinajstić information content (AvgIpc) is 2.78. The molecular weight excluding hydrogens is 202 g/mol. The SMILES string of the molecule is Cc1cc(C#N)nc(OCC2CCCC2)n1. The highest BCUT2D eigenvalue weighted by molar-refractivity contribution is 5.23. The molecule has 0 atom stereocenters. The van der Waals surface area contributed by atoms with E-state index in [1.807, 2.05) is 13.0 Å². The van der Waals surface area contributed by atoms with Crippen LogP contribution in [0.4, 0.5) is 0 Å². The average molecular weight is 217 g/mol. The van der Waals surface area contributed by atoms with Gasteiger partial charge in [0.15, 0.2) is 0 Å². The van der Waals surface area contributed by atoms with Crippen LogP contribution in [0, 0.1) is 24.2 Å². The number of hydrogen-bond acceptors (Lipinski definition) is 4. The standard InChI is InChI=1S/C12H15N3O/c1-9-6-11(7-13)15-12(14-9)16-8-10-4-2-3-5-10/h6,10H,2-5,8H2,1H3. The molecule has 1 aliphatic carbocycles. The van der Waals surface area contributed by atoms with Gasteiger partial charge in [-0.1, -0.05) is 12.8 Å². The molecule has 0 aromatic carbocycles. The van der Waals surface area contributed by atoms with E-state index in [1.54, 1.807) is 6.07 Å². The summed E-state index contributed by atoms with van der Waals surface area (Å²) in [6.45, 7) is 2.51. The van der Waals surface area contributed by atoms with Crippen molar-refractivity contribution < 1.29 is 4.74 Å². The minimum atomic E-state index is 0.337. The van der Waals surface area contributed by atoms with Gasteiger partial charge in [0, 0.05) is 5.69 Å². The Balaban J connectivity index is 1.98. The van der Waals surface area contributed by atoms with Crippen molar-refractivity contribution >= 4 is 0 Å². The third kappa shape index (κ3) is 2.69. The van der Waals surface area contributed by atoms with Crippen LogP contribution in [-0.4, -0.2) is 16.6 Å². The molecule has 16 heavy (non-hydrogen) atoms. The molecule has 1 heterocycles. The lowest BCUT2D eigenvalue weighted by molar-refractivity contribution is 0.233. The van der Waals surface area contributed by atoms with Gasteiger partial charge in [0.1, 0.15) is 11.8 Å². The van der Waals surface area contributed by atoms with Crippen LogP contribution in [0.25, 0.3) is 0 Å². The van der Waals surface area contributed by atoms with Crippen molar-refractivity contribution in [2.24, 2.45) is 5.92 Å². The van der Waals surface area contributed by atoms with Crippen LogP contribution >= 0.6 is 0 Å². The number of ether oxygens (including phenoxy) is 1. The molecular formula is C12H15N3O. The molecule has 0 N–H and O–H groups in total.